The van der Waals surface area contributed by atoms with Crippen LogP contribution >= 0.6 is 11.3 Å². The quantitative estimate of drug-likeness (QED) is 0.684. The third-order valence-electron chi connectivity index (χ3n) is 2.01. The summed E-state index contributed by atoms with van der Waals surface area (Å²) in [6.45, 7) is 5.38. The zero-order valence-electron chi connectivity index (χ0n) is 12.4. The smallest absolute Gasteiger partial charge is 0.412 e. The molecule has 0 atom stereocenters. The number of hydrogen-bond donors (Lipinski definition) is 1. The van der Waals surface area contributed by atoms with Gasteiger partial charge in [-0.1, -0.05) is 0 Å². The maximum absolute atomic E-state index is 11.8. The fourth-order valence-electron chi connectivity index (χ4n) is 1.25. The number of thiophene rings is 1. The topological polar surface area (TPSA) is 58.6 Å². The standard InChI is InChI=1S/C14H20N2O3S/c1-14(2,3)19-13(18)15-10-8-12(20-9-10)11(17)6-7-16(4)5/h6-9H,1-5H3,(H,15,18)/b7-6+. The molecule has 0 saturated heterocycles. The average molecular weight is 296 g/mol. The number of nitrogens with one attached hydrogen (secondary N) is 1. The molecule has 1 heterocycles. The van der Waals surface area contributed by atoms with Crippen LogP contribution in [-0.2, 0) is 4.74 Å². The Labute approximate surface area is 123 Å². The van der Waals surface area contributed by atoms with E-state index in [1.54, 1.807) is 43.3 Å². The molecular formula is C14H20N2O3S. The van der Waals surface area contributed by atoms with Crippen molar-refractivity contribution in [2.75, 3.05) is 19.4 Å². The first-order valence-electron chi connectivity index (χ1n) is 6.15. The Morgan fingerprint density at radius 1 is 1.35 bits per heavy atom. The van der Waals surface area contributed by atoms with Crippen LogP contribution in [-0.4, -0.2) is 36.5 Å². The van der Waals surface area contributed by atoms with Crippen molar-refractivity contribution in [3.05, 3.63) is 28.6 Å². The summed E-state index contributed by atoms with van der Waals surface area (Å²) >= 11 is 1.28. The van der Waals surface area contributed by atoms with Crippen molar-refractivity contribution in [2.24, 2.45) is 0 Å². The fraction of sp³-hybridized carbons (Fsp3) is 0.429. The van der Waals surface area contributed by atoms with Gasteiger partial charge in [0.1, 0.15) is 5.60 Å². The number of nitrogens with zero attached hydrogens (tertiary/aromatic N) is 1. The fourth-order valence-corrected chi connectivity index (χ4v) is 2.01. The van der Waals surface area contributed by atoms with E-state index in [9.17, 15) is 9.59 Å². The highest BCUT2D eigenvalue weighted by molar-refractivity contribution is 7.12. The van der Waals surface area contributed by atoms with E-state index in [0.717, 1.165) is 0 Å². The summed E-state index contributed by atoms with van der Waals surface area (Å²) < 4.78 is 5.14. The Morgan fingerprint density at radius 2 is 2.00 bits per heavy atom. The second kappa shape index (κ2) is 6.56. The Hall–Kier alpha value is -1.82. The van der Waals surface area contributed by atoms with E-state index >= 15 is 0 Å². The van der Waals surface area contributed by atoms with Gasteiger partial charge in [0.15, 0.2) is 5.78 Å². The van der Waals surface area contributed by atoms with Gasteiger partial charge in [-0.2, -0.15) is 0 Å². The molecule has 1 aromatic heterocycles. The van der Waals surface area contributed by atoms with E-state index in [0.29, 0.717) is 10.6 Å². The van der Waals surface area contributed by atoms with Gasteiger partial charge in [0.25, 0.3) is 0 Å². The van der Waals surface area contributed by atoms with Gasteiger partial charge in [-0.15, -0.1) is 11.3 Å². The van der Waals surface area contributed by atoms with Crippen molar-refractivity contribution in [1.29, 1.82) is 0 Å². The first-order chi connectivity index (χ1) is 9.17. The predicted molar refractivity (Wildman–Crippen MR) is 81.3 cm³/mol. The van der Waals surface area contributed by atoms with Crippen LogP contribution in [0.15, 0.2) is 23.7 Å². The van der Waals surface area contributed by atoms with E-state index in [2.05, 4.69) is 5.32 Å². The second-order valence-corrected chi connectivity index (χ2v) is 6.38. The molecular weight excluding hydrogens is 276 g/mol. The average Bonchev–Trinajstić information content (AvgIpc) is 2.71. The number of anilines is 1. The molecule has 0 saturated carbocycles. The summed E-state index contributed by atoms with van der Waals surface area (Å²) in [5, 5.41) is 4.31. The minimum absolute atomic E-state index is 0.0964. The molecule has 110 valence electrons. The van der Waals surface area contributed by atoms with Gasteiger partial charge in [-0.05, 0) is 26.8 Å². The van der Waals surface area contributed by atoms with Crippen LogP contribution < -0.4 is 5.32 Å². The number of allylic oxidation sites excluding steroid dienone is 1. The van der Waals surface area contributed by atoms with E-state index in [-0.39, 0.29) is 5.78 Å². The van der Waals surface area contributed by atoms with Crippen molar-refractivity contribution >= 4 is 28.9 Å². The van der Waals surface area contributed by atoms with Crippen LogP contribution in [0.25, 0.3) is 0 Å². The van der Waals surface area contributed by atoms with Crippen molar-refractivity contribution < 1.29 is 14.3 Å². The van der Waals surface area contributed by atoms with E-state index in [4.69, 9.17) is 4.74 Å². The normalized spacial score (nSPS) is 11.4. The lowest BCUT2D eigenvalue weighted by molar-refractivity contribution is 0.0635. The Morgan fingerprint density at radius 3 is 2.55 bits per heavy atom. The molecule has 20 heavy (non-hydrogen) atoms. The zero-order chi connectivity index (χ0) is 15.3. The largest absolute Gasteiger partial charge is 0.444 e. The van der Waals surface area contributed by atoms with Crippen molar-refractivity contribution in [3.8, 4) is 0 Å². The maximum atomic E-state index is 11.8. The molecule has 1 N–H and O–H groups in total. The molecule has 0 radical (unpaired) electrons. The third-order valence-corrected chi connectivity index (χ3v) is 2.96. The lowest BCUT2D eigenvalue weighted by atomic mass is 10.2. The maximum Gasteiger partial charge on any atom is 0.412 e. The lowest BCUT2D eigenvalue weighted by Crippen LogP contribution is -2.27. The molecule has 6 heteroatoms. The number of carbonyl (C=O) groups excluding carboxylic acids is 2. The van der Waals surface area contributed by atoms with Crippen LogP contribution in [0, 0.1) is 0 Å². The highest BCUT2D eigenvalue weighted by Gasteiger charge is 2.17. The van der Waals surface area contributed by atoms with Crippen molar-refractivity contribution in [3.63, 3.8) is 0 Å². The molecule has 0 bridgehead atoms. The molecule has 5 nitrogen and oxygen atoms in total. The van der Waals surface area contributed by atoms with Gasteiger partial charge in [0.2, 0.25) is 0 Å². The molecule has 0 aliphatic rings. The summed E-state index contributed by atoms with van der Waals surface area (Å²) in [6, 6.07) is 1.64. The van der Waals surface area contributed by atoms with Crippen LogP contribution in [0.4, 0.5) is 10.5 Å². The first kappa shape index (κ1) is 16.2. The van der Waals surface area contributed by atoms with Crippen molar-refractivity contribution in [2.45, 2.75) is 26.4 Å². The minimum atomic E-state index is -0.548. The Kier molecular flexibility index (Phi) is 5.33. The number of hydrogen-bond acceptors (Lipinski definition) is 5. The Bertz CT molecular complexity index is 513. The molecule has 1 amide bonds. The highest BCUT2D eigenvalue weighted by atomic mass is 32.1. The van der Waals surface area contributed by atoms with Crippen LogP contribution in [0.1, 0.15) is 30.4 Å². The lowest BCUT2D eigenvalue weighted by Gasteiger charge is -2.19. The molecule has 0 aromatic carbocycles. The zero-order valence-corrected chi connectivity index (χ0v) is 13.2. The van der Waals surface area contributed by atoms with Gasteiger partial charge in [-0.3, -0.25) is 10.1 Å². The van der Waals surface area contributed by atoms with Crippen LogP contribution in [0.5, 0.6) is 0 Å². The van der Waals surface area contributed by atoms with Crippen LogP contribution in [0.3, 0.4) is 0 Å². The summed E-state index contributed by atoms with van der Waals surface area (Å²) in [4.78, 5) is 25.8. The van der Waals surface area contributed by atoms with E-state index in [1.165, 1.54) is 17.4 Å². The summed E-state index contributed by atoms with van der Waals surface area (Å²) in [6.07, 6.45) is 2.64. The van der Waals surface area contributed by atoms with E-state index < -0.39 is 11.7 Å². The number of ether oxygens (including phenoxy) is 1. The molecule has 0 unspecified atom stereocenters. The van der Waals surface area contributed by atoms with Gasteiger partial charge >= 0.3 is 6.09 Å². The molecule has 0 spiro atoms. The predicted octanol–water partition coefficient (Wildman–Crippen LogP) is 3.35. The van der Waals surface area contributed by atoms with Gasteiger partial charge in [0.05, 0.1) is 10.6 Å². The molecule has 1 rings (SSSR count). The molecule has 1 aromatic rings. The summed E-state index contributed by atoms with van der Waals surface area (Å²) in [5.74, 6) is -0.0964. The van der Waals surface area contributed by atoms with Gasteiger partial charge < -0.3 is 9.64 Å². The number of ketones is 1. The Balaban J connectivity index is 2.64. The van der Waals surface area contributed by atoms with Gasteiger partial charge in [-0.25, -0.2) is 4.79 Å². The number of amides is 1. The third kappa shape index (κ3) is 5.88. The number of carbonyl (C=O) groups is 2. The summed E-state index contributed by atoms with van der Waals surface area (Å²) in [7, 11) is 3.68. The summed E-state index contributed by atoms with van der Waals surface area (Å²) in [5.41, 5.74) is 0.0126. The second-order valence-electron chi connectivity index (χ2n) is 5.47. The monoisotopic (exact) mass is 296 g/mol. The highest BCUT2D eigenvalue weighted by Crippen LogP contribution is 2.21. The molecule has 0 fully saturated rings. The minimum Gasteiger partial charge on any atom is -0.444 e. The van der Waals surface area contributed by atoms with Gasteiger partial charge in [0, 0.05) is 31.8 Å². The molecule has 0 aliphatic heterocycles. The van der Waals surface area contributed by atoms with E-state index in [1.807, 2.05) is 14.1 Å². The van der Waals surface area contributed by atoms with Crippen LogP contribution in [0.2, 0.25) is 0 Å². The van der Waals surface area contributed by atoms with Crippen molar-refractivity contribution in [1.82, 2.24) is 4.90 Å². The molecule has 0 aliphatic carbocycles. The first-order valence-corrected chi connectivity index (χ1v) is 7.03. The number of rotatable bonds is 4. The SMILES string of the molecule is CN(C)/C=C/C(=O)c1cc(NC(=O)OC(C)(C)C)cs1.